The topological polar surface area (TPSA) is 20.2 Å². The molecule has 0 fully saturated rings. The standard InChI is InChI=1S/C12H20O/c1-2-3-4-5-6-7-8-9-10-11-12-13/h2-6,13H,1,7-12H2. The molecular weight excluding hydrogens is 160 g/mol. The lowest BCUT2D eigenvalue weighted by Crippen LogP contribution is -1.82. The van der Waals surface area contributed by atoms with Crippen molar-refractivity contribution in [3.8, 4) is 0 Å². The van der Waals surface area contributed by atoms with Gasteiger partial charge < -0.3 is 5.11 Å². The molecule has 0 aliphatic heterocycles. The number of allylic oxidation sites excluding steroid dienone is 5. The van der Waals surface area contributed by atoms with Gasteiger partial charge in [-0.25, -0.2) is 0 Å². The van der Waals surface area contributed by atoms with Gasteiger partial charge in [-0.3, -0.25) is 0 Å². The number of hydrogen-bond acceptors (Lipinski definition) is 1. The summed E-state index contributed by atoms with van der Waals surface area (Å²) in [5.41, 5.74) is 0. The lowest BCUT2D eigenvalue weighted by molar-refractivity contribution is 0.282. The van der Waals surface area contributed by atoms with Gasteiger partial charge in [0.1, 0.15) is 0 Å². The summed E-state index contributed by atoms with van der Waals surface area (Å²) in [6.45, 7) is 3.92. The molecule has 0 atom stereocenters. The lowest BCUT2D eigenvalue weighted by atomic mass is 10.1. The Balaban J connectivity index is 3.10. The number of rotatable bonds is 8. The Bertz CT molecular complexity index is 157. The SMILES string of the molecule is C=CC=CC=CCCCCCCO. The fraction of sp³-hybridized carbons (Fsp3) is 0.500. The van der Waals surface area contributed by atoms with E-state index < -0.39 is 0 Å². The van der Waals surface area contributed by atoms with Gasteiger partial charge in [-0.1, -0.05) is 49.8 Å². The normalized spacial score (nSPS) is 11.5. The van der Waals surface area contributed by atoms with Crippen LogP contribution in [0.5, 0.6) is 0 Å². The minimum Gasteiger partial charge on any atom is -0.396 e. The van der Waals surface area contributed by atoms with Crippen LogP contribution in [0.4, 0.5) is 0 Å². The third-order valence-corrected chi connectivity index (χ3v) is 1.77. The minimum absolute atomic E-state index is 0.331. The van der Waals surface area contributed by atoms with Crippen LogP contribution in [0.3, 0.4) is 0 Å². The summed E-state index contributed by atoms with van der Waals surface area (Å²) >= 11 is 0. The van der Waals surface area contributed by atoms with E-state index in [4.69, 9.17) is 5.11 Å². The van der Waals surface area contributed by atoms with Crippen LogP contribution in [0, 0.1) is 0 Å². The predicted molar refractivity (Wildman–Crippen MR) is 58.6 cm³/mol. The second kappa shape index (κ2) is 11.2. The van der Waals surface area contributed by atoms with Crippen LogP contribution < -0.4 is 0 Å². The molecular formula is C12H20O. The molecule has 0 spiro atoms. The summed E-state index contributed by atoms with van der Waals surface area (Å²) in [4.78, 5) is 0. The van der Waals surface area contributed by atoms with Crippen molar-refractivity contribution >= 4 is 0 Å². The van der Waals surface area contributed by atoms with Crippen molar-refractivity contribution in [3.05, 3.63) is 37.0 Å². The molecule has 13 heavy (non-hydrogen) atoms. The van der Waals surface area contributed by atoms with E-state index in [1.807, 2.05) is 18.2 Å². The van der Waals surface area contributed by atoms with E-state index in [9.17, 15) is 0 Å². The number of hydrogen-bond donors (Lipinski definition) is 1. The molecule has 0 bridgehead atoms. The summed E-state index contributed by atoms with van der Waals surface area (Å²) < 4.78 is 0. The van der Waals surface area contributed by atoms with E-state index >= 15 is 0 Å². The summed E-state index contributed by atoms with van der Waals surface area (Å²) in [5.74, 6) is 0. The van der Waals surface area contributed by atoms with Crippen molar-refractivity contribution in [2.45, 2.75) is 32.1 Å². The van der Waals surface area contributed by atoms with E-state index in [0.29, 0.717) is 6.61 Å². The fourth-order valence-electron chi connectivity index (χ4n) is 1.05. The molecule has 0 heterocycles. The molecule has 0 saturated heterocycles. The van der Waals surface area contributed by atoms with Crippen molar-refractivity contribution < 1.29 is 5.11 Å². The second-order valence-corrected chi connectivity index (χ2v) is 2.98. The van der Waals surface area contributed by atoms with Gasteiger partial charge in [-0.2, -0.15) is 0 Å². The van der Waals surface area contributed by atoms with Gasteiger partial charge in [0, 0.05) is 6.61 Å². The summed E-state index contributed by atoms with van der Waals surface area (Å²) in [6.07, 6.45) is 15.6. The quantitative estimate of drug-likeness (QED) is 0.449. The molecule has 0 rings (SSSR count). The first-order valence-electron chi connectivity index (χ1n) is 4.97. The molecule has 0 aromatic rings. The molecule has 1 nitrogen and oxygen atoms in total. The largest absolute Gasteiger partial charge is 0.396 e. The highest BCUT2D eigenvalue weighted by Crippen LogP contribution is 2.02. The first-order chi connectivity index (χ1) is 6.41. The van der Waals surface area contributed by atoms with Gasteiger partial charge in [0.05, 0.1) is 0 Å². The Morgan fingerprint density at radius 1 is 0.923 bits per heavy atom. The van der Waals surface area contributed by atoms with E-state index in [1.165, 1.54) is 12.8 Å². The van der Waals surface area contributed by atoms with Crippen molar-refractivity contribution in [2.75, 3.05) is 6.61 Å². The van der Waals surface area contributed by atoms with Crippen molar-refractivity contribution in [3.63, 3.8) is 0 Å². The highest BCUT2D eigenvalue weighted by molar-refractivity contribution is 5.08. The molecule has 0 aliphatic rings. The van der Waals surface area contributed by atoms with Gasteiger partial charge in [-0.05, 0) is 19.3 Å². The zero-order valence-electron chi connectivity index (χ0n) is 8.28. The number of aliphatic hydroxyl groups excluding tert-OH is 1. The first kappa shape index (κ1) is 12.2. The van der Waals surface area contributed by atoms with Crippen molar-refractivity contribution in [1.29, 1.82) is 0 Å². The van der Waals surface area contributed by atoms with Crippen LogP contribution in [-0.2, 0) is 0 Å². The molecule has 1 heteroatoms. The van der Waals surface area contributed by atoms with Crippen LogP contribution in [0.25, 0.3) is 0 Å². The van der Waals surface area contributed by atoms with E-state index in [-0.39, 0.29) is 0 Å². The fourth-order valence-corrected chi connectivity index (χ4v) is 1.05. The maximum Gasteiger partial charge on any atom is 0.0431 e. The van der Waals surface area contributed by atoms with Gasteiger partial charge in [0.25, 0.3) is 0 Å². The van der Waals surface area contributed by atoms with E-state index in [0.717, 1.165) is 19.3 Å². The summed E-state index contributed by atoms with van der Waals surface area (Å²) in [7, 11) is 0. The Kier molecular flexibility index (Phi) is 10.5. The Morgan fingerprint density at radius 2 is 1.69 bits per heavy atom. The Labute approximate surface area is 81.5 Å². The Morgan fingerprint density at radius 3 is 2.38 bits per heavy atom. The molecule has 0 radical (unpaired) electrons. The molecule has 0 amide bonds. The highest BCUT2D eigenvalue weighted by atomic mass is 16.2. The summed E-state index contributed by atoms with van der Waals surface area (Å²) in [6, 6.07) is 0. The highest BCUT2D eigenvalue weighted by Gasteiger charge is 1.85. The predicted octanol–water partition coefficient (Wildman–Crippen LogP) is 3.23. The van der Waals surface area contributed by atoms with Crippen LogP contribution in [0.1, 0.15) is 32.1 Å². The molecule has 0 saturated carbocycles. The summed E-state index contributed by atoms with van der Waals surface area (Å²) in [5, 5.41) is 8.53. The van der Waals surface area contributed by atoms with E-state index in [1.54, 1.807) is 6.08 Å². The monoisotopic (exact) mass is 180 g/mol. The molecule has 0 aromatic heterocycles. The molecule has 0 aliphatic carbocycles. The number of aliphatic hydroxyl groups is 1. The Hall–Kier alpha value is -0.820. The third kappa shape index (κ3) is 11.2. The van der Waals surface area contributed by atoms with Gasteiger partial charge in [0.2, 0.25) is 0 Å². The van der Waals surface area contributed by atoms with E-state index in [2.05, 4.69) is 12.7 Å². The smallest absolute Gasteiger partial charge is 0.0431 e. The lowest BCUT2D eigenvalue weighted by Gasteiger charge is -1.94. The average Bonchev–Trinajstić information content (AvgIpc) is 2.16. The van der Waals surface area contributed by atoms with Gasteiger partial charge in [-0.15, -0.1) is 0 Å². The second-order valence-electron chi connectivity index (χ2n) is 2.98. The minimum atomic E-state index is 0.331. The average molecular weight is 180 g/mol. The van der Waals surface area contributed by atoms with Crippen LogP contribution in [-0.4, -0.2) is 11.7 Å². The van der Waals surface area contributed by atoms with Crippen molar-refractivity contribution in [1.82, 2.24) is 0 Å². The maximum atomic E-state index is 8.53. The van der Waals surface area contributed by atoms with Crippen molar-refractivity contribution in [2.24, 2.45) is 0 Å². The first-order valence-corrected chi connectivity index (χ1v) is 4.97. The molecule has 0 aromatic carbocycles. The maximum absolute atomic E-state index is 8.53. The molecule has 0 unspecified atom stereocenters. The van der Waals surface area contributed by atoms with Crippen LogP contribution in [0.15, 0.2) is 37.0 Å². The van der Waals surface area contributed by atoms with Crippen LogP contribution >= 0.6 is 0 Å². The molecule has 1 N–H and O–H groups in total. The van der Waals surface area contributed by atoms with Gasteiger partial charge in [0.15, 0.2) is 0 Å². The van der Waals surface area contributed by atoms with Gasteiger partial charge >= 0.3 is 0 Å². The zero-order valence-corrected chi connectivity index (χ0v) is 8.28. The zero-order chi connectivity index (χ0) is 9.78. The van der Waals surface area contributed by atoms with Crippen LogP contribution in [0.2, 0.25) is 0 Å². The number of unbranched alkanes of at least 4 members (excludes halogenated alkanes) is 4. The third-order valence-electron chi connectivity index (χ3n) is 1.77. The molecule has 74 valence electrons.